The second kappa shape index (κ2) is 6.98. The minimum absolute atomic E-state index is 0.217. The van der Waals surface area contributed by atoms with Crippen LogP contribution in [0.4, 0.5) is 0 Å². The molecule has 1 amide bonds. The van der Waals surface area contributed by atoms with Gasteiger partial charge < -0.3 is 19.6 Å². The molecule has 0 bridgehead atoms. The second-order valence-electron chi connectivity index (χ2n) is 5.63. The van der Waals surface area contributed by atoms with E-state index in [1.54, 1.807) is 18.2 Å². The largest absolute Gasteiger partial charge is 0.484 e. The predicted octanol–water partition coefficient (Wildman–Crippen LogP) is 2.90. The van der Waals surface area contributed by atoms with Gasteiger partial charge in [0.25, 0.3) is 5.91 Å². The quantitative estimate of drug-likeness (QED) is 0.658. The number of carbonyl (C=O) groups is 2. The molecule has 7 nitrogen and oxygen atoms in total. The maximum absolute atomic E-state index is 11.3. The molecule has 0 aliphatic rings. The minimum atomic E-state index is -0.622. The maximum atomic E-state index is 11.3. The monoisotopic (exact) mass is 361 g/mol. The molecule has 0 saturated heterocycles. The Morgan fingerprint density at radius 1 is 1.32 bits per heavy atom. The van der Waals surface area contributed by atoms with E-state index in [2.05, 4.69) is 15.5 Å². The molecule has 0 aliphatic heterocycles. The third-order valence-electron chi connectivity index (χ3n) is 3.53. The molecule has 2 aromatic heterocycles. The molecule has 0 radical (unpaired) electrons. The third-order valence-corrected chi connectivity index (χ3v) is 3.83. The number of carbonyl (C=O) groups excluding carboxylic acids is 2. The van der Waals surface area contributed by atoms with Crippen molar-refractivity contribution in [2.24, 2.45) is 0 Å². The summed E-state index contributed by atoms with van der Waals surface area (Å²) in [6, 6.07) is 7.18. The van der Waals surface area contributed by atoms with E-state index in [1.807, 2.05) is 13.0 Å². The lowest BCUT2D eigenvalue weighted by atomic mass is 10.2. The fourth-order valence-corrected chi connectivity index (χ4v) is 2.56. The summed E-state index contributed by atoms with van der Waals surface area (Å²) in [5.74, 6) is -0.0438. The first-order chi connectivity index (χ1) is 11.9. The number of benzene rings is 1. The van der Waals surface area contributed by atoms with Gasteiger partial charge in [0.15, 0.2) is 5.76 Å². The van der Waals surface area contributed by atoms with Gasteiger partial charge in [-0.1, -0.05) is 16.8 Å². The van der Waals surface area contributed by atoms with Crippen LogP contribution in [0.5, 0.6) is 5.75 Å². The molecular formula is C17H16ClN3O4. The van der Waals surface area contributed by atoms with Crippen molar-refractivity contribution in [3.63, 3.8) is 0 Å². The fraction of sp³-hybridized carbons (Fsp3) is 0.235. The number of amides is 1. The SMILES string of the molecule is CC(=O)C(=O)NCc1cc2cc(Cl)c(OCc3cc(C)no3)cc2[nH]1. The number of halogens is 1. The Kier molecular flexibility index (Phi) is 4.76. The summed E-state index contributed by atoms with van der Waals surface area (Å²) >= 11 is 6.25. The number of nitrogens with one attached hydrogen (secondary N) is 2. The van der Waals surface area contributed by atoms with Gasteiger partial charge in [-0.2, -0.15) is 0 Å². The lowest BCUT2D eigenvalue weighted by Gasteiger charge is -2.06. The van der Waals surface area contributed by atoms with Crippen LogP contribution in [-0.2, 0) is 22.7 Å². The highest BCUT2D eigenvalue weighted by atomic mass is 35.5. The summed E-state index contributed by atoms with van der Waals surface area (Å²) in [6.45, 7) is 3.49. The molecular weight excluding hydrogens is 346 g/mol. The number of hydrogen-bond acceptors (Lipinski definition) is 5. The van der Waals surface area contributed by atoms with Gasteiger partial charge in [0.2, 0.25) is 5.78 Å². The fourth-order valence-electron chi connectivity index (χ4n) is 2.33. The van der Waals surface area contributed by atoms with Gasteiger partial charge in [0.05, 0.1) is 17.3 Å². The van der Waals surface area contributed by atoms with Crippen molar-refractivity contribution in [3.05, 3.63) is 46.4 Å². The van der Waals surface area contributed by atoms with Crippen LogP contribution >= 0.6 is 11.6 Å². The Bertz CT molecular complexity index is 945. The summed E-state index contributed by atoms with van der Waals surface area (Å²) < 4.78 is 10.8. The van der Waals surface area contributed by atoms with Gasteiger partial charge >= 0.3 is 0 Å². The Morgan fingerprint density at radius 2 is 2.12 bits per heavy atom. The molecule has 1 aromatic carbocycles. The second-order valence-corrected chi connectivity index (χ2v) is 6.03. The topological polar surface area (TPSA) is 97.2 Å². The van der Waals surface area contributed by atoms with E-state index in [4.69, 9.17) is 20.9 Å². The van der Waals surface area contributed by atoms with E-state index in [9.17, 15) is 9.59 Å². The number of nitrogens with zero attached hydrogens (tertiary/aromatic N) is 1. The number of aryl methyl sites for hydroxylation is 1. The van der Waals surface area contributed by atoms with E-state index in [0.29, 0.717) is 16.5 Å². The molecule has 0 fully saturated rings. The lowest BCUT2D eigenvalue weighted by molar-refractivity contribution is -0.136. The molecule has 0 saturated carbocycles. The lowest BCUT2D eigenvalue weighted by Crippen LogP contribution is -2.28. The zero-order valence-electron chi connectivity index (χ0n) is 13.7. The number of H-pyrrole nitrogens is 1. The van der Waals surface area contributed by atoms with Crippen LogP contribution in [0.25, 0.3) is 10.9 Å². The average molecular weight is 362 g/mol. The smallest absolute Gasteiger partial charge is 0.287 e. The Labute approximate surface area is 148 Å². The van der Waals surface area contributed by atoms with Crippen molar-refractivity contribution in [1.29, 1.82) is 0 Å². The summed E-state index contributed by atoms with van der Waals surface area (Å²) in [7, 11) is 0. The van der Waals surface area contributed by atoms with Crippen molar-refractivity contribution in [3.8, 4) is 5.75 Å². The molecule has 0 aliphatic carbocycles. The first-order valence-electron chi connectivity index (χ1n) is 7.57. The van der Waals surface area contributed by atoms with E-state index in [1.165, 1.54) is 6.92 Å². The van der Waals surface area contributed by atoms with Crippen LogP contribution in [0, 0.1) is 6.92 Å². The molecule has 3 aromatic rings. The number of aromatic amines is 1. The first kappa shape index (κ1) is 17.0. The first-order valence-corrected chi connectivity index (χ1v) is 7.95. The molecule has 2 N–H and O–H groups in total. The van der Waals surface area contributed by atoms with Crippen LogP contribution < -0.4 is 10.1 Å². The van der Waals surface area contributed by atoms with Gasteiger partial charge in [-0.05, 0) is 19.1 Å². The molecule has 8 heteroatoms. The van der Waals surface area contributed by atoms with E-state index < -0.39 is 11.7 Å². The highest BCUT2D eigenvalue weighted by Crippen LogP contribution is 2.31. The third kappa shape index (κ3) is 4.00. The highest BCUT2D eigenvalue weighted by molar-refractivity contribution is 6.35. The summed E-state index contributed by atoms with van der Waals surface area (Å²) in [5, 5.41) is 7.67. The highest BCUT2D eigenvalue weighted by Gasteiger charge is 2.11. The number of rotatable bonds is 6. The van der Waals surface area contributed by atoms with Crippen molar-refractivity contribution < 1.29 is 18.8 Å². The molecule has 25 heavy (non-hydrogen) atoms. The van der Waals surface area contributed by atoms with E-state index >= 15 is 0 Å². The number of hydrogen-bond donors (Lipinski definition) is 2. The Balaban J connectivity index is 1.74. The average Bonchev–Trinajstić information content (AvgIpc) is 3.15. The van der Waals surface area contributed by atoms with Crippen LogP contribution in [-0.4, -0.2) is 21.8 Å². The minimum Gasteiger partial charge on any atom is -0.484 e. The standard InChI is InChI=1S/C17H16ClN3O4/c1-9-3-13(25-21-9)8-24-16-6-15-11(5-14(16)18)4-12(20-15)7-19-17(23)10(2)22/h3-6,20H,7-8H2,1-2H3,(H,19,23). The van der Waals surface area contributed by atoms with Gasteiger partial charge in [0, 0.05) is 35.7 Å². The van der Waals surface area contributed by atoms with Crippen LogP contribution in [0.1, 0.15) is 24.1 Å². The normalized spacial score (nSPS) is 10.8. The molecule has 3 rings (SSSR count). The summed E-state index contributed by atoms with van der Waals surface area (Å²) in [4.78, 5) is 25.4. The van der Waals surface area contributed by atoms with Crippen molar-refractivity contribution in [2.45, 2.75) is 27.0 Å². The number of fused-ring (bicyclic) bond motifs is 1. The van der Waals surface area contributed by atoms with E-state index in [-0.39, 0.29) is 13.2 Å². The van der Waals surface area contributed by atoms with Gasteiger partial charge in [0.1, 0.15) is 12.4 Å². The van der Waals surface area contributed by atoms with Crippen LogP contribution in [0.15, 0.2) is 28.8 Å². The molecule has 0 spiro atoms. The molecule has 130 valence electrons. The maximum Gasteiger partial charge on any atom is 0.287 e. The van der Waals surface area contributed by atoms with Gasteiger partial charge in [-0.15, -0.1) is 0 Å². The Morgan fingerprint density at radius 3 is 2.80 bits per heavy atom. The summed E-state index contributed by atoms with van der Waals surface area (Å²) in [6.07, 6.45) is 0. The number of ketones is 1. The van der Waals surface area contributed by atoms with Crippen LogP contribution in [0.3, 0.4) is 0 Å². The van der Waals surface area contributed by atoms with Gasteiger partial charge in [-0.25, -0.2) is 0 Å². The van der Waals surface area contributed by atoms with Gasteiger partial charge in [-0.3, -0.25) is 9.59 Å². The van der Waals surface area contributed by atoms with Crippen molar-refractivity contribution in [2.75, 3.05) is 0 Å². The summed E-state index contributed by atoms with van der Waals surface area (Å²) in [5.41, 5.74) is 2.34. The van der Waals surface area contributed by atoms with E-state index in [0.717, 1.165) is 22.3 Å². The molecule has 0 atom stereocenters. The number of ether oxygens (including phenoxy) is 1. The van der Waals surface area contributed by atoms with Crippen molar-refractivity contribution >= 4 is 34.2 Å². The zero-order valence-corrected chi connectivity index (χ0v) is 14.4. The van der Waals surface area contributed by atoms with Crippen molar-refractivity contribution in [1.82, 2.24) is 15.5 Å². The Hall–Kier alpha value is -2.80. The number of aromatic nitrogens is 2. The number of Topliss-reactive ketones (excluding diaryl/α,β-unsaturated/α-hetero) is 1. The molecule has 2 heterocycles. The predicted molar refractivity (Wildman–Crippen MR) is 91.4 cm³/mol. The molecule has 0 unspecified atom stereocenters. The zero-order chi connectivity index (χ0) is 18.0. The van der Waals surface area contributed by atoms with Crippen LogP contribution in [0.2, 0.25) is 5.02 Å².